The van der Waals surface area contributed by atoms with Crippen LogP contribution in [0.1, 0.15) is 12.0 Å². The van der Waals surface area contributed by atoms with Crippen molar-refractivity contribution in [3.8, 4) is 0 Å². The van der Waals surface area contributed by atoms with Crippen LogP contribution < -0.4 is 0 Å². The number of esters is 1. The Morgan fingerprint density at radius 1 is 1.00 bits per heavy atom. The van der Waals surface area contributed by atoms with Crippen LogP contribution in [0.2, 0.25) is 0 Å². The smallest absolute Gasteiger partial charge is 0.331 e. The third-order valence-electron chi connectivity index (χ3n) is 2.80. The van der Waals surface area contributed by atoms with Gasteiger partial charge >= 0.3 is 5.97 Å². The van der Waals surface area contributed by atoms with Crippen LogP contribution in [-0.4, -0.2) is 54.5 Å². The van der Waals surface area contributed by atoms with Gasteiger partial charge in [-0.3, -0.25) is 4.18 Å². The zero-order chi connectivity index (χ0) is 17.1. The first-order valence-electron chi connectivity index (χ1n) is 7.14. The lowest BCUT2D eigenvalue weighted by Crippen LogP contribution is -2.14. The minimum atomic E-state index is -3.75. The Morgan fingerprint density at radius 2 is 1.65 bits per heavy atom. The van der Waals surface area contributed by atoms with E-state index in [2.05, 4.69) is 4.74 Å². The van der Waals surface area contributed by atoms with E-state index < -0.39 is 16.1 Å². The van der Waals surface area contributed by atoms with Crippen LogP contribution in [0.25, 0.3) is 0 Å². The average molecular weight is 346 g/mol. The highest BCUT2D eigenvalue weighted by molar-refractivity contribution is 7.86. The van der Waals surface area contributed by atoms with Crippen LogP contribution in [0.3, 0.4) is 0 Å². The van der Waals surface area contributed by atoms with Crippen LogP contribution in [0, 0.1) is 6.92 Å². The summed E-state index contributed by atoms with van der Waals surface area (Å²) in [6.07, 6.45) is 0.585. The number of aryl methyl sites for hydroxylation is 1. The van der Waals surface area contributed by atoms with Crippen molar-refractivity contribution in [2.45, 2.75) is 18.2 Å². The van der Waals surface area contributed by atoms with Gasteiger partial charge in [0.1, 0.15) is 6.61 Å². The number of hydrogen-bond donors (Lipinski definition) is 0. The number of methoxy groups -OCH3 is 1. The van der Waals surface area contributed by atoms with Gasteiger partial charge in [-0.2, -0.15) is 8.42 Å². The number of rotatable bonds is 11. The fourth-order valence-electron chi connectivity index (χ4n) is 1.56. The molecule has 1 rings (SSSR count). The van der Waals surface area contributed by atoms with Crippen molar-refractivity contribution in [1.82, 2.24) is 0 Å². The van der Waals surface area contributed by atoms with E-state index in [0.717, 1.165) is 5.56 Å². The Labute approximate surface area is 136 Å². The Bertz CT molecular complexity index is 566. The van der Waals surface area contributed by atoms with Gasteiger partial charge in [0, 0.05) is 13.2 Å². The summed E-state index contributed by atoms with van der Waals surface area (Å²) in [6.45, 7) is 2.63. The first-order chi connectivity index (χ1) is 11.0. The molecule has 7 nitrogen and oxygen atoms in total. The maximum atomic E-state index is 11.9. The molecular weight excluding hydrogens is 324 g/mol. The Kier molecular flexibility index (Phi) is 8.78. The lowest BCUT2D eigenvalue weighted by atomic mass is 10.2. The minimum Gasteiger partial charge on any atom is -0.467 e. The molecule has 0 unspecified atom stereocenters. The van der Waals surface area contributed by atoms with E-state index >= 15 is 0 Å². The van der Waals surface area contributed by atoms with Crippen molar-refractivity contribution in [3.05, 3.63) is 29.8 Å². The molecule has 0 amide bonds. The second kappa shape index (κ2) is 10.3. The highest BCUT2D eigenvalue weighted by Gasteiger charge is 2.14. The molecule has 0 saturated carbocycles. The first kappa shape index (κ1) is 19.6. The van der Waals surface area contributed by atoms with Gasteiger partial charge in [-0.1, -0.05) is 17.7 Å². The van der Waals surface area contributed by atoms with Crippen molar-refractivity contribution in [2.75, 3.05) is 40.1 Å². The monoisotopic (exact) mass is 346 g/mol. The molecular formula is C15H22O7S. The van der Waals surface area contributed by atoms with Gasteiger partial charge in [0.25, 0.3) is 10.1 Å². The van der Waals surface area contributed by atoms with E-state index in [1.165, 1.54) is 19.2 Å². The Hall–Kier alpha value is -1.48. The van der Waals surface area contributed by atoms with E-state index in [4.69, 9.17) is 13.7 Å². The van der Waals surface area contributed by atoms with Crippen LogP contribution in [0.5, 0.6) is 0 Å². The molecule has 8 heteroatoms. The maximum Gasteiger partial charge on any atom is 0.331 e. The van der Waals surface area contributed by atoms with Gasteiger partial charge in [-0.15, -0.1) is 0 Å². The van der Waals surface area contributed by atoms with E-state index in [9.17, 15) is 13.2 Å². The third kappa shape index (κ3) is 8.08. The second-order valence-electron chi connectivity index (χ2n) is 4.68. The van der Waals surface area contributed by atoms with Crippen LogP contribution in [-0.2, 0) is 33.3 Å². The van der Waals surface area contributed by atoms with Gasteiger partial charge in [-0.05, 0) is 25.5 Å². The molecule has 23 heavy (non-hydrogen) atoms. The predicted molar refractivity (Wildman–Crippen MR) is 82.6 cm³/mol. The fraction of sp³-hybridized carbons (Fsp3) is 0.533. The van der Waals surface area contributed by atoms with Crippen molar-refractivity contribution in [3.63, 3.8) is 0 Å². The first-order valence-corrected chi connectivity index (χ1v) is 8.55. The lowest BCUT2D eigenvalue weighted by molar-refractivity contribution is -0.146. The summed E-state index contributed by atoms with van der Waals surface area (Å²) in [4.78, 5) is 10.9. The van der Waals surface area contributed by atoms with E-state index in [-0.39, 0.29) is 24.7 Å². The third-order valence-corrected chi connectivity index (χ3v) is 4.13. The highest BCUT2D eigenvalue weighted by atomic mass is 32.2. The second-order valence-corrected chi connectivity index (χ2v) is 6.30. The number of hydrogen-bond acceptors (Lipinski definition) is 7. The predicted octanol–water partition coefficient (Wildman–Crippen LogP) is 1.30. The zero-order valence-electron chi connectivity index (χ0n) is 13.3. The summed E-state index contributed by atoms with van der Waals surface area (Å²) < 4.78 is 43.3. The molecule has 0 heterocycles. The highest BCUT2D eigenvalue weighted by Crippen LogP contribution is 2.12. The summed E-state index contributed by atoms with van der Waals surface area (Å²) in [5.41, 5.74) is 0.974. The molecule has 0 N–H and O–H groups in total. The van der Waals surface area contributed by atoms with Crippen molar-refractivity contribution in [1.29, 1.82) is 0 Å². The summed E-state index contributed by atoms with van der Waals surface area (Å²) in [6, 6.07) is 6.43. The van der Waals surface area contributed by atoms with E-state index in [1.807, 2.05) is 6.92 Å². The minimum absolute atomic E-state index is 0.0563. The molecule has 0 aliphatic rings. The number of carbonyl (C=O) groups excluding carboxylic acids is 1. The summed E-state index contributed by atoms with van der Waals surface area (Å²) in [7, 11) is -2.46. The SMILES string of the molecule is COC(=O)COCCCOCCOS(=O)(=O)c1ccc(C)cc1. The molecule has 0 spiro atoms. The molecule has 0 saturated heterocycles. The van der Waals surface area contributed by atoms with Gasteiger partial charge in [-0.25, -0.2) is 4.79 Å². The van der Waals surface area contributed by atoms with E-state index in [0.29, 0.717) is 19.6 Å². The van der Waals surface area contributed by atoms with Crippen LogP contribution in [0.4, 0.5) is 0 Å². The molecule has 0 fully saturated rings. The van der Waals surface area contributed by atoms with Gasteiger partial charge in [0.15, 0.2) is 0 Å². The standard InChI is InChI=1S/C15H22O7S/c1-13-4-6-14(7-5-13)23(17,18)22-11-10-20-8-3-9-21-12-15(16)19-2/h4-7H,3,8-12H2,1-2H3. The average Bonchev–Trinajstić information content (AvgIpc) is 2.53. The Morgan fingerprint density at radius 3 is 2.30 bits per heavy atom. The number of carbonyl (C=O) groups is 1. The molecule has 0 atom stereocenters. The zero-order valence-corrected chi connectivity index (χ0v) is 14.1. The quantitative estimate of drug-likeness (QED) is 0.339. The number of ether oxygens (including phenoxy) is 3. The molecule has 0 aliphatic carbocycles. The van der Waals surface area contributed by atoms with Gasteiger partial charge in [0.05, 0.1) is 25.2 Å². The topological polar surface area (TPSA) is 88.1 Å². The largest absolute Gasteiger partial charge is 0.467 e. The van der Waals surface area contributed by atoms with Crippen molar-refractivity contribution >= 4 is 16.1 Å². The van der Waals surface area contributed by atoms with Crippen molar-refractivity contribution < 1.29 is 31.6 Å². The number of benzene rings is 1. The van der Waals surface area contributed by atoms with Crippen LogP contribution >= 0.6 is 0 Å². The Balaban J connectivity index is 2.10. The molecule has 1 aromatic carbocycles. The summed E-state index contributed by atoms with van der Waals surface area (Å²) >= 11 is 0. The molecule has 0 radical (unpaired) electrons. The maximum absolute atomic E-state index is 11.9. The summed E-state index contributed by atoms with van der Waals surface area (Å²) in [5.74, 6) is -0.430. The van der Waals surface area contributed by atoms with Crippen molar-refractivity contribution in [2.24, 2.45) is 0 Å². The molecule has 0 aliphatic heterocycles. The molecule has 0 bridgehead atoms. The van der Waals surface area contributed by atoms with Gasteiger partial charge < -0.3 is 14.2 Å². The van der Waals surface area contributed by atoms with Crippen LogP contribution in [0.15, 0.2) is 29.2 Å². The lowest BCUT2D eigenvalue weighted by Gasteiger charge is -2.07. The van der Waals surface area contributed by atoms with Gasteiger partial charge in [0.2, 0.25) is 0 Å². The molecule has 130 valence electrons. The fourth-order valence-corrected chi connectivity index (χ4v) is 2.45. The molecule has 1 aromatic rings. The summed E-state index contributed by atoms with van der Waals surface area (Å²) in [5, 5.41) is 0. The molecule has 0 aromatic heterocycles. The normalized spacial score (nSPS) is 11.4. The van der Waals surface area contributed by atoms with E-state index in [1.54, 1.807) is 12.1 Å².